The summed E-state index contributed by atoms with van der Waals surface area (Å²) in [5, 5.41) is 4.67. The Morgan fingerprint density at radius 1 is 1.33 bits per heavy atom. The third kappa shape index (κ3) is 2.52. The van der Waals surface area contributed by atoms with Crippen LogP contribution >= 0.6 is 12.1 Å². The van der Waals surface area contributed by atoms with E-state index in [0.29, 0.717) is 5.03 Å². The van der Waals surface area contributed by atoms with Gasteiger partial charge in [0, 0.05) is 25.7 Å². The van der Waals surface area contributed by atoms with Crippen LogP contribution in [0.1, 0.15) is 25.1 Å². The minimum Gasteiger partial charge on any atom is -0.300 e. The molecule has 1 aromatic heterocycles. The number of fused-ring (bicyclic) bond motifs is 1. The van der Waals surface area contributed by atoms with Crippen molar-refractivity contribution < 1.29 is 3.89 Å². The number of aromatic nitrogens is 2. The molecule has 0 amide bonds. The molecule has 0 aliphatic carbocycles. The van der Waals surface area contributed by atoms with Crippen LogP contribution in [-0.2, 0) is 20.0 Å². The predicted molar refractivity (Wildman–Crippen MR) is 61.6 cm³/mol. The van der Waals surface area contributed by atoms with Crippen molar-refractivity contribution in [3.8, 4) is 0 Å². The summed E-state index contributed by atoms with van der Waals surface area (Å²) in [6.45, 7) is 5.87. The van der Waals surface area contributed by atoms with Crippen molar-refractivity contribution >= 4 is 12.1 Å². The first-order chi connectivity index (χ1) is 7.22. The van der Waals surface area contributed by atoms with Crippen LogP contribution in [0, 0.1) is 0 Å². The largest absolute Gasteiger partial charge is 0.300 e. The Bertz CT molecular complexity index is 325. The summed E-state index contributed by atoms with van der Waals surface area (Å²) >= 11 is 0.255. The molecule has 0 spiro atoms. The van der Waals surface area contributed by atoms with Gasteiger partial charge in [0.25, 0.3) is 0 Å². The van der Waals surface area contributed by atoms with Crippen LogP contribution in [0.15, 0.2) is 5.03 Å². The zero-order valence-electron chi connectivity index (χ0n) is 9.75. The molecule has 0 saturated heterocycles. The number of hydrogen-bond acceptors (Lipinski definition) is 3. The second-order valence-electron chi connectivity index (χ2n) is 3.42. The average molecular weight is 231 g/mol. The van der Waals surface area contributed by atoms with E-state index in [1.165, 1.54) is 0 Å². The van der Waals surface area contributed by atoms with Gasteiger partial charge in [0.15, 0.2) is 5.03 Å². The van der Waals surface area contributed by atoms with Gasteiger partial charge in [-0.15, -0.1) is 0 Å². The Morgan fingerprint density at radius 3 is 2.60 bits per heavy atom. The SMILES string of the molecule is CC.CN1CCc2c(SF)nn(C)c2C1. The fourth-order valence-electron chi connectivity index (χ4n) is 1.72. The number of likely N-dealkylation sites (N-methyl/N-ethyl adjacent to an activating group) is 1. The van der Waals surface area contributed by atoms with Gasteiger partial charge in [0.1, 0.15) is 12.1 Å². The van der Waals surface area contributed by atoms with Gasteiger partial charge in [-0.25, -0.2) is 0 Å². The van der Waals surface area contributed by atoms with E-state index in [9.17, 15) is 3.89 Å². The minimum atomic E-state index is 0.255. The summed E-state index contributed by atoms with van der Waals surface area (Å²) < 4.78 is 14.2. The molecule has 3 nitrogen and oxygen atoms in total. The van der Waals surface area contributed by atoms with Gasteiger partial charge in [-0.3, -0.25) is 4.68 Å². The van der Waals surface area contributed by atoms with Crippen molar-refractivity contribution in [3.63, 3.8) is 0 Å². The first-order valence-electron chi connectivity index (χ1n) is 5.24. The van der Waals surface area contributed by atoms with Crippen molar-refractivity contribution in [1.29, 1.82) is 0 Å². The van der Waals surface area contributed by atoms with Crippen LogP contribution in [-0.4, -0.2) is 28.3 Å². The Morgan fingerprint density at radius 2 is 2.00 bits per heavy atom. The highest BCUT2D eigenvalue weighted by Gasteiger charge is 2.22. The van der Waals surface area contributed by atoms with E-state index in [1.807, 2.05) is 20.9 Å². The van der Waals surface area contributed by atoms with E-state index >= 15 is 0 Å². The van der Waals surface area contributed by atoms with Gasteiger partial charge >= 0.3 is 0 Å². The van der Waals surface area contributed by atoms with E-state index in [1.54, 1.807) is 4.68 Å². The third-order valence-corrected chi connectivity index (χ3v) is 2.95. The van der Waals surface area contributed by atoms with Crippen molar-refractivity contribution in [3.05, 3.63) is 11.3 Å². The maximum atomic E-state index is 12.5. The molecule has 0 atom stereocenters. The quantitative estimate of drug-likeness (QED) is 0.740. The molecule has 5 heteroatoms. The van der Waals surface area contributed by atoms with Crippen molar-refractivity contribution in [1.82, 2.24) is 14.7 Å². The number of hydrogen-bond donors (Lipinski definition) is 0. The Hall–Kier alpha value is -0.550. The first kappa shape index (κ1) is 12.5. The normalized spacial score (nSPS) is 15.5. The van der Waals surface area contributed by atoms with Crippen LogP contribution in [0.2, 0.25) is 0 Å². The number of halogens is 1. The van der Waals surface area contributed by atoms with Gasteiger partial charge < -0.3 is 4.90 Å². The molecule has 1 aliphatic heterocycles. The summed E-state index contributed by atoms with van der Waals surface area (Å²) in [4.78, 5) is 2.22. The van der Waals surface area contributed by atoms with Crippen LogP contribution in [0.25, 0.3) is 0 Å². The summed E-state index contributed by atoms with van der Waals surface area (Å²) in [7, 11) is 3.94. The lowest BCUT2D eigenvalue weighted by Gasteiger charge is -2.22. The summed E-state index contributed by atoms with van der Waals surface area (Å²) in [6.07, 6.45) is 0.909. The zero-order valence-corrected chi connectivity index (χ0v) is 10.6. The molecule has 1 aromatic rings. The van der Waals surface area contributed by atoms with E-state index in [-0.39, 0.29) is 12.1 Å². The van der Waals surface area contributed by atoms with Gasteiger partial charge in [0.2, 0.25) is 0 Å². The predicted octanol–water partition coefficient (Wildman–Crippen LogP) is 2.41. The lowest BCUT2D eigenvalue weighted by atomic mass is 10.1. The van der Waals surface area contributed by atoms with E-state index in [2.05, 4.69) is 17.0 Å². The van der Waals surface area contributed by atoms with Crippen molar-refractivity contribution in [2.45, 2.75) is 31.8 Å². The summed E-state index contributed by atoms with van der Waals surface area (Å²) in [5.74, 6) is 0. The summed E-state index contributed by atoms with van der Waals surface area (Å²) in [5.41, 5.74) is 2.24. The second-order valence-corrected chi connectivity index (χ2v) is 3.96. The van der Waals surface area contributed by atoms with Crippen LogP contribution in [0.4, 0.5) is 3.89 Å². The lowest BCUT2D eigenvalue weighted by Crippen LogP contribution is -2.27. The Kier molecular flexibility index (Phi) is 4.60. The first-order valence-corrected chi connectivity index (χ1v) is 5.96. The van der Waals surface area contributed by atoms with Crippen LogP contribution < -0.4 is 0 Å². The van der Waals surface area contributed by atoms with Gasteiger partial charge in [-0.1, -0.05) is 13.8 Å². The molecular formula is C10H18FN3S. The molecular weight excluding hydrogens is 213 g/mol. The number of rotatable bonds is 1. The molecule has 0 aromatic carbocycles. The highest BCUT2D eigenvalue weighted by atomic mass is 32.2. The highest BCUT2D eigenvalue weighted by molar-refractivity contribution is 7.94. The van der Waals surface area contributed by atoms with Crippen molar-refractivity contribution in [2.75, 3.05) is 13.6 Å². The molecule has 15 heavy (non-hydrogen) atoms. The number of aryl methyl sites for hydroxylation is 1. The molecule has 0 N–H and O–H groups in total. The maximum absolute atomic E-state index is 12.5. The topological polar surface area (TPSA) is 21.1 Å². The lowest BCUT2D eigenvalue weighted by molar-refractivity contribution is 0.302. The van der Waals surface area contributed by atoms with E-state index < -0.39 is 0 Å². The minimum absolute atomic E-state index is 0.255. The molecule has 2 heterocycles. The fourth-order valence-corrected chi connectivity index (χ4v) is 2.19. The molecule has 2 rings (SSSR count). The number of nitrogens with zero attached hydrogens (tertiary/aromatic N) is 3. The Balaban J connectivity index is 0.000000531. The van der Waals surface area contributed by atoms with Gasteiger partial charge in [-0.05, 0) is 13.5 Å². The fraction of sp³-hybridized carbons (Fsp3) is 0.700. The smallest absolute Gasteiger partial charge is 0.154 e. The second kappa shape index (κ2) is 5.51. The molecule has 0 saturated carbocycles. The average Bonchev–Trinajstić information content (AvgIpc) is 2.58. The van der Waals surface area contributed by atoms with Gasteiger partial charge in [-0.2, -0.15) is 8.98 Å². The van der Waals surface area contributed by atoms with Crippen LogP contribution in [0.3, 0.4) is 0 Å². The molecule has 1 aliphatic rings. The molecule has 0 fully saturated rings. The molecule has 0 unspecified atom stereocenters. The summed E-state index contributed by atoms with van der Waals surface area (Å²) in [6, 6.07) is 0. The third-order valence-electron chi connectivity index (χ3n) is 2.47. The Labute approximate surface area is 94.9 Å². The van der Waals surface area contributed by atoms with E-state index in [4.69, 9.17) is 0 Å². The maximum Gasteiger partial charge on any atom is 0.154 e. The standard InChI is InChI=1S/C8H12FN3S.C2H6/c1-11-4-3-6-7(5-11)12(2)10-8(6)13-9;1-2/h3-5H2,1-2H3;1-2H3. The molecule has 0 radical (unpaired) electrons. The monoisotopic (exact) mass is 231 g/mol. The van der Waals surface area contributed by atoms with Gasteiger partial charge in [0.05, 0.1) is 5.69 Å². The molecule has 86 valence electrons. The molecule has 0 bridgehead atoms. The van der Waals surface area contributed by atoms with Crippen molar-refractivity contribution in [2.24, 2.45) is 7.05 Å². The zero-order chi connectivity index (χ0) is 11.4. The van der Waals surface area contributed by atoms with Crippen LogP contribution in [0.5, 0.6) is 0 Å². The highest BCUT2D eigenvalue weighted by Crippen LogP contribution is 2.28. The van der Waals surface area contributed by atoms with E-state index in [0.717, 1.165) is 30.8 Å².